The second-order valence-corrected chi connectivity index (χ2v) is 11.9. The van der Waals surface area contributed by atoms with E-state index >= 15 is 0 Å². The van der Waals surface area contributed by atoms with Crippen LogP contribution in [0.3, 0.4) is 0 Å². The molecule has 1 saturated heterocycles. The van der Waals surface area contributed by atoms with Crippen LogP contribution in [-0.2, 0) is 16.2 Å². The third-order valence-electron chi connectivity index (χ3n) is 7.82. The molecule has 5 aromatic rings. The Hall–Kier alpha value is -5.35. The summed E-state index contributed by atoms with van der Waals surface area (Å²) in [5.74, 6) is -0.00719. The van der Waals surface area contributed by atoms with Gasteiger partial charge in [0, 0.05) is 5.56 Å². The first-order valence-electron chi connectivity index (χ1n) is 14.9. The summed E-state index contributed by atoms with van der Waals surface area (Å²) in [6.45, 7) is 5.31. The number of carbonyl (C=O) groups is 2. The summed E-state index contributed by atoms with van der Waals surface area (Å²) in [6.07, 6.45) is 0. The van der Waals surface area contributed by atoms with Crippen LogP contribution < -0.4 is 23.8 Å². The van der Waals surface area contributed by atoms with E-state index in [1.165, 1.54) is 16.2 Å². The summed E-state index contributed by atoms with van der Waals surface area (Å²) >= 11 is 1.31. The number of benzene rings is 4. The van der Waals surface area contributed by atoms with Gasteiger partial charge in [-0.15, -0.1) is 0 Å². The molecule has 1 amide bonds. The van der Waals surface area contributed by atoms with Gasteiger partial charge in [-0.25, -0.2) is 4.98 Å². The first kappa shape index (κ1) is 29.4. The average molecular weight is 635 g/mol. The Bertz CT molecular complexity index is 2000. The van der Waals surface area contributed by atoms with Crippen LogP contribution in [0.2, 0.25) is 0 Å². The maximum absolute atomic E-state index is 13.8. The molecule has 0 bridgehead atoms. The molecule has 4 aromatic carbocycles. The minimum Gasteiger partial charge on any atom is -0.507 e. The Morgan fingerprint density at radius 2 is 1.74 bits per heavy atom. The number of aliphatic hydroxyl groups is 1. The molecular formula is C36H30N2O7S. The second-order valence-electron chi connectivity index (χ2n) is 10.9. The number of amides is 1. The first-order chi connectivity index (χ1) is 22.4. The summed E-state index contributed by atoms with van der Waals surface area (Å²) in [7, 11) is 0. The zero-order valence-electron chi connectivity index (χ0n) is 25.2. The highest BCUT2D eigenvalue weighted by atomic mass is 32.1. The number of thiazole rings is 1. The zero-order chi connectivity index (χ0) is 31.8. The van der Waals surface area contributed by atoms with Gasteiger partial charge in [0.25, 0.3) is 5.78 Å². The second kappa shape index (κ2) is 12.2. The van der Waals surface area contributed by atoms with Crippen LogP contribution >= 0.6 is 11.3 Å². The molecule has 2 aliphatic rings. The van der Waals surface area contributed by atoms with Crippen molar-refractivity contribution < 1.29 is 33.6 Å². The molecule has 7 rings (SSSR count). The van der Waals surface area contributed by atoms with Crippen LogP contribution in [0, 0.1) is 6.92 Å². The van der Waals surface area contributed by atoms with Crippen LogP contribution in [0.25, 0.3) is 16.0 Å². The van der Waals surface area contributed by atoms with Crippen LogP contribution in [0.1, 0.15) is 35.2 Å². The number of anilines is 1. The number of ether oxygens (including phenoxy) is 4. The van der Waals surface area contributed by atoms with Crippen LogP contribution in [-0.4, -0.2) is 41.6 Å². The van der Waals surface area contributed by atoms with Gasteiger partial charge in [-0.2, -0.15) is 0 Å². The van der Waals surface area contributed by atoms with Gasteiger partial charge in [0.05, 0.1) is 28.4 Å². The average Bonchev–Trinajstić information content (AvgIpc) is 3.61. The van der Waals surface area contributed by atoms with Gasteiger partial charge >= 0.3 is 5.91 Å². The summed E-state index contributed by atoms with van der Waals surface area (Å²) in [4.78, 5) is 33.8. The lowest BCUT2D eigenvalue weighted by Gasteiger charge is -2.24. The van der Waals surface area contributed by atoms with Crippen molar-refractivity contribution in [2.75, 3.05) is 24.7 Å². The van der Waals surface area contributed by atoms with Gasteiger partial charge in [0.2, 0.25) is 0 Å². The van der Waals surface area contributed by atoms with Gasteiger partial charge < -0.3 is 24.1 Å². The molecule has 0 radical (unpaired) electrons. The number of ketones is 1. The minimum absolute atomic E-state index is 0.0717. The number of aromatic nitrogens is 1. The van der Waals surface area contributed by atoms with E-state index in [9.17, 15) is 14.7 Å². The van der Waals surface area contributed by atoms with Crippen molar-refractivity contribution in [2.45, 2.75) is 26.5 Å². The van der Waals surface area contributed by atoms with Crippen molar-refractivity contribution >= 4 is 44.1 Å². The van der Waals surface area contributed by atoms with E-state index in [0.717, 1.165) is 15.8 Å². The van der Waals surface area contributed by atoms with Crippen molar-refractivity contribution in [3.63, 3.8) is 0 Å². The Kier molecular flexibility index (Phi) is 7.79. The molecule has 0 unspecified atom stereocenters. The van der Waals surface area contributed by atoms with E-state index in [-0.39, 0.29) is 11.3 Å². The maximum atomic E-state index is 13.8. The van der Waals surface area contributed by atoms with E-state index in [4.69, 9.17) is 23.9 Å². The van der Waals surface area contributed by atoms with Crippen molar-refractivity contribution in [3.8, 4) is 23.0 Å². The van der Waals surface area contributed by atoms with Crippen LogP contribution in [0.5, 0.6) is 23.0 Å². The molecule has 0 aliphatic carbocycles. The van der Waals surface area contributed by atoms with Crippen molar-refractivity contribution in [3.05, 3.63) is 113 Å². The Morgan fingerprint density at radius 1 is 0.935 bits per heavy atom. The standard InChI is InChI=1S/C36H30N2O7S/c1-3-42-28-18-23(10-13-27(28)45-20-22-7-5-4-6-8-22)32-31(33(39)24-11-14-26-29(19-24)44-16-15-43-26)34(40)35(41)38(32)36-37-25-12-9-21(2)17-30(25)46-36/h4-14,17-19,32,39H,3,15-16,20H2,1-2H3/t32-/m0/s1. The quantitative estimate of drug-likeness (QED) is 0.111. The highest BCUT2D eigenvalue weighted by Gasteiger charge is 2.48. The number of aliphatic hydroxyl groups excluding tert-OH is 1. The normalized spacial score (nSPS) is 17.0. The molecule has 2 aliphatic heterocycles. The number of carbonyl (C=O) groups excluding carboxylic acids is 2. The number of hydrogen-bond donors (Lipinski definition) is 1. The summed E-state index contributed by atoms with van der Waals surface area (Å²) < 4.78 is 24.3. The lowest BCUT2D eigenvalue weighted by atomic mass is 9.95. The predicted molar refractivity (Wildman–Crippen MR) is 175 cm³/mol. The molecule has 0 saturated carbocycles. The van der Waals surface area contributed by atoms with Gasteiger partial charge in [-0.05, 0) is 73.0 Å². The molecule has 232 valence electrons. The van der Waals surface area contributed by atoms with Gasteiger partial charge in [-0.1, -0.05) is 53.8 Å². The van der Waals surface area contributed by atoms with Crippen molar-refractivity contribution in [1.29, 1.82) is 0 Å². The fourth-order valence-corrected chi connectivity index (χ4v) is 6.72. The van der Waals surface area contributed by atoms with E-state index in [2.05, 4.69) is 0 Å². The zero-order valence-corrected chi connectivity index (χ0v) is 26.0. The Labute approximate surface area is 269 Å². The molecular weight excluding hydrogens is 604 g/mol. The number of aryl methyl sites for hydroxylation is 1. The molecule has 46 heavy (non-hydrogen) atoms. The number of rotatable bonds is 8. The first-order valence-corrected chi connectivity index (χ1v) is 15.7. The van der Waals surface area contributed by atoms with E-state index in [0.29, 0.717) is 71.2 Å². The van der Waals surface area contributed by atoms with E-state index in [1.807, 2.05) is 62.4 Å². The molecule has 9 nitrogen and oxygen atoms in total. The molecule has 3 heterocycles. The van der Waals surface area contributed by atoms with Crippen LogP contribution in [0.15, 0.2) is 90.5 Å². The molecule has 1 atom stereocenters. The molecule has 0 spiro atoms. The molecule has 1 N–H and O–H groups in total. The SMILES string of the molecule is CCOc1cc([C@H]2C(=C(O)c3ccc4c(c3)OCCO4)C(=O)C(=O)N2c2nc3ccc(C)cc3s2)ccc1OCc1ccccc1. The number of fused-ring (bicyclic) bond motifs is 2. The lowest BCUT2D eigenvalue weighted by molar-refractivity contribution is -0.132. The van der Waals surface area contributed by atoms with E-state index in [1.54, 1.807) is 36.4 Å². The highest BCUT2D eigenvalue weighted by Crippen LogP contribution is 2.46. The van der Waals surface area contributed by atoms with Gasteiger partial charge in [0.15, 0.2) is 28.1 Å². The Balaban J connectivity index is 1.36. The van der Waals surface area contributed by atoms with E-state index < -0.39 is 17.7 Å². The molecule has 1 fully saturated rings. The van der Waals surface area contributed by atoms with Gasteiger partial charge in [-0.3, -0.25) is 14.5 Å². The van der Waals surface area contributed by atoms with Crippen molar-refractivity contribution in [1.82, 2.24) is 4.98 Å². The smallest absolute Gasteiger partial charge is 0.301 e. The molecule has 1 aromatic heterocycles. The fraction of sp³-hybridized carbons (Fsp3) is 0.194. The lowest BCUT2D eigenvalue weighted by Crippen LogP contribution is -2.29. The number of hydrogen-bond acceptors (Lipinski definition) is 9. The largest absolute Gasteiger partial charge is 0.507 e. The minimum atomic E-state index is -1.00. The van der Waals surface area contributed by atoms with Crippen molar-refractivity contribution in [2.24, 2.45) is 0 Å². The summed E-state index contributed by atoms with van der Waals surface area (Å²) in [5.41, 5.74) is 3.54. The maximum Gasteiger partial charge on any atom is 0.301 e. The summed E-state index contributed by atoms with van der Waals surface area (Å²) in [6, 6.07) is 24.8. The topological polar surface area (TPSA) is 107 Å². The van der Waals surface area contributed by atoms with Gasteiger partial charge in [0.1, 0.15) is 25.6 Å². The number of Topliss-reactive ketones (excluding diaryl/α,β-unsaturated/α-hetero) is 1. The third-order valence-corrected chi connectivity index (χ3v) is 8.84. The highest BCUT2D eigenvalue weighted by molar-refractivity contribution is 7.22. The summed E-state index contributed by atoms with van der Waals surface area (Å²) in [5, 5.41) is 12.1. The monoisotopic (exact) mass is 634 g/mol. The molecule has 10 heteroatoms. The number of nitrogens with zero attached hydrogens (tertiary/aromatic N) is 2. The van der Waals surface area contributed by atoms with Crippen LogP contribution in [0.4, 0.5) is 5.13 Å². The third kappa shape index (κ3) is 5.41. The predicted octanol–water partition coefficient (Wildman–Crippen LogP) is 6.98. The Morgan fingerprint density at radius 3 is 2.54 bits per heavy atom. The fourth-order valence-electron chi connectivity index (χ4n) is 5.63.